The van der Waals surface area contributed by atoms with Crippen LogP contribution < -0.4 is 10.5 Å². The van der Waals surface area contributed by atoms with Crippen LogP contribution in [0.1, 0.15) is 24.3 Å². The molecule has 0 bridgehead atoms. The Balaban J connectivity index is 1.61. The molecular weight excluding hydrogens is 368 g/mol. The molecule has 1 amide bonds. The Kier molecular flexibility index (Phi) is 4.04. The largest absolute Gasteiger partial charge is 0.493 e. The van der Waals surface area contributed by atoms with Crippen molar-refractivity contribution < 1.29 is 9.53 Å². The second-order valence-electron chi connectivity index (χ2n) is 7.24. The molecule has 0 radical (unpaired) electrons. The first-order valence-electron chi connectivity index (χ1n) is 9.50. The Labute approximate surface area is 166 Å². The molecule has 0 aliphatic carbocycles. The number of aromatic nitrogens is 5. The van der Waals surface area contributed by atoms with Gasteiger partial charge < -0.3 is 15.5 Å². The van der Waals surface area contributed by atoms with Crippen LogP contribution in [0, 0.1) is 0 Å². The average molecular weight is 388 g/mol. The number of hydrogen-bond donors (Lipinski definition) is 2. The number of benzene rings is 1. The van der Waals surface area contributed by atoms with Gasteiger partial charge in [0.15, 0.2) is 5.65 Å². The summed E-state index contributed by atoms with van der Waals surface area (Å²) in [5, 5.41) is 4.20. The minimum atomic E-state index is -0.318. The lowest BCUT2D eigenvalue weighted by Gasteiger charge is -2.14. The SMILES string of the molecule is Cn1cc(-c2nc3c(-c4ccc5c(c4)OCCC[C@@H]5C(N)=O)ccnc3[nH]2)cn1. The molecule has 29 heavy (non-hydrogen) atoms. The second kappa shape index (κ2) is 6.73. The Bertz CT molecular complexity index is 1230. The summed E-state index contributed by atoms with van der Waals surface area (Å²) in [5.41, 5.74) is 10.7. The highest BCUT2D eigenvalue weighted by Gasteiger charge is 2.25. The molecule has 4 aromatic rings. The van der Waals surface area contributed by atoms with E-state index >= 15 is 0 Å². The number of aryl methyl sites for hydroxylation is 1. The first kappa shape index (κ1) is 17.4. The maximum absolute atomic E-state index is 11.9. The number of nitrogens with two attached hydrogens (primary N) is 1. The number of nitrogens with zero attached hydrogens (tertiary/aromatic N) is 4. The summed E-state index contributed by atoms with van der Waals surface area (Å²) in [6, 6.07) is 7.81. The third-order valence-electron chi connectivity index (χ3n) is 5.30. The summed E-state index contributed by atoms with van der Waals surface area (Å²) in [4.78, 5) is 24.3. The monoisotopic (exact) mass is 388 g/mol. The Hall–Kier alpha value is -3.68. The van der Waals surface area contributed by atoms with E-state index in [1.54, 1.807) is 17.1 Å². The lowest BCUT2D eigenvalue weighted by atomic mass is 9.92. The summed E-state index contributed by atoms with van der Waals surface area (Å²) >= 11 is 0. The van der Waals surface area contributed by atoms with Crippen molar-refractivity contribution in [2.75, 3.05) is 6.61 Å². The van der Waals surface area contributed by atoms with Crippen LogP contribution in [0.2, 0.25) is 0 Å². The number of pyridine rings is 1. The highest BCUT2D eigenvalue weighted by Crippen LogP contribution is 2.37. The van der Waals surface area contributed by atoms with E-state index in [1.807, 2.05) is 37.5 Å². The normalized spacial score (nSPS) is 16.2. The van der Waals surface area contributed by atoms with Crippen molar-refractivity contribution in [1.29, 1.82) is 0 Å². The van der Waals surface area contributed by atoms with Gasteiger partial charge in [-0.2, -0.15) is 5.10 Å². The van der Waals surface area contributed by atoms with Crippen LogP contribution in [-0.4, -0.2) is 37.2 Å². The number of aromatic amines is 1. The Morgan fingerprint density at radius 3 is 3.00 bits per heavy atom. The zero-order valence-corrected chi connectivity index (χ0v) is 15.9. The number of carbonyl (C=O) groups excluding carboxylic acids is 1. The van der Waals surface area contributed by atoms with Gasteiger partial charge >= 0.3 is 0 Å². The first-order valence-corrected chi connectivity index (χ1v) is 9.50. The summed E-state index contributed by atoms with van der Waals surface area (Å²) < 4.78 is 7.65. The lowest BCUT2D eigenvalue weighted by molar-refractivity contribution is -0.119. The molecular formula is C21H20N6O2. The fraction of sp³-hybridized carbons (Fsp3) is 0.238. The zero-order valence-electron chi connectivity index (χ0n) is 15.9. The fourth-order valence-corrected chi connectivity index (χ4v) is 3.86. The molecule has 3 aromatic heterocycles. The predicted molar refractivity (Wildman–Crippen MR) is 108 cm³/mol. The highest BCUT2D eigenvalue weighted by atomic mass is 16.5. The quantitative estimate of drug-likeness (QED) is 0.560. The van der Waals surface area contributed by atoms with Gasteiger partial charge in [-0.25, -0.2) is 9.97 Å². The van der Waals surface area contributed by atoms with Gasteiger partial charge in [-0.1, -0.05) is 12.1 Å². The van der Waals surface area contributed by atoms with Gasteiger partial charge in [0.2, 0.25) is 5.91 Å². The van der Waals surface area contributed by atoms with Crippen molar-refractivity contribution in [2.24, 2.45) is 12.8 Å². The van der Waals surface area contributed by atoms with E-state index in [-0.39, 0.29) is 11.8 Å². The third-order valence-corrected chi connectivity index (χ3v) is 5.30. The number of rotatable bonds is 3. The van der Waals surface area contributed by atoms with E-state index in [1.165, 1.54) is 0 Å². The molecule has 8 nitrogen and oxygen atoms in total. The van der Waals surface area contributed by atoms with Gasteiger partial charge in [-0.15, -0.1) is 0 Å². The summed E-state index contributed by atoms with van der Waals surface area (Å²) in [6.07, 6.45) is 6.91. The van der Waals surface area contributed by atoms with E-state index in [4.69, 9.17) is 15.5 Å². The number of H-pyrrole nitrogens is 1. The topological polar surface area (TPSA) is 112 Å². The number of fused-ring (bicyclic) bond motifs is 2. The Morgan fingerprint density at radius 1 is 1.31 bits per heavy atom. The summed E-state index contributed by atoms with van der Waals surface area (Å²) in [5.74, 6) is 0.787. The van der Waals surface area contributed by atoms with Crippen LogP contribution in [0.5, 0.6) is 5.75 Å². The van der Waals surface area contributed by atoms with Crippen molar-refractivity contribution in [1.82, 2.24) is 24.7 Å². The molecule has 0 fully saturated rings. The molecule has 1 atom stereocenters. The molecule has 5 rings (SSSR count). The van der Waals surface area contributed by atoms with Crippen molar-refractivity contribution in [3.05, 3.63) is 48.4 Å². The Morgan fingerprint density at radius 2 is 2.21 bits per heavy atom. The molecule has 1 aromatic carbocycles. The summed E-state index contributed by atoms with van der Waals surface area (Å²) in [7, 11) is 1.87. The molecule has 3 N–H and O–H groups in total. The van der Waals surface area contributed by atoms with Gasteiger partial charge in [-0.05, 0) is 30.5 Å². The predicted octanol–water partition coefficient (Wildman–Crippen LogP) is 2.77. The van der Waals surface area contributed by atoms with E-state index in [0.29, 0.717) is 30.2 Å². The van der Waals surface area contributed by atoms with Crippen LogP contribution in [0.25, 0.3) is 33.7 Å². The molecule has 0 spiro atoms. The number of nitrogens with one attached hydrogen (secondary N) is 1. The summed E-state index contributed by atoms with van der Waals surface area (Å²) in [6.45, 7) is 0.569. The van der Waals surface area contributed by atoms with Crippen molar-refractivity contribution in [3.63, 3.8) is 0 Å². The van der Waals surface area contributed by atoms with Crippen molar-refractivity contribution in [3.8, 4) is 28.3 Å². The van der Waals surface area contributed by atoms with E-state index in [0.717, 1.165) is 34.2 Å². The smallest absolute Gasteiger partial charge is 0.225 e. The first-order chi connectivity index (χ1) is 14.1. The molecule has 0 saturated carbocycles. The standard InChI is InChI=1S/C21H20N6O2/c1-27-11-13(10-24-27)20-25-18-14(6-7-23-21(18)26-20)12-4-5-15-16(19(22)28)3-2-8-29-17(15)9-12/h4-7,9-11,16H,2-3,8H2,1H3,(H2,22,28)(H,23,25,26)/t16-/m0/s1. The maximum Gasteiger partial charge on any atom is 0.225 e. The van der Waals surface area contributed by atoms with Crippen LogP contribution in [0.4, 0.5) is 0 Å². The van der Waals surface area contributed by atoms with Gasteiger partial charge in [0.1, 0.15) is 17.1 Å². The minimum absolute atomic E-state index is 0.316. The van der Waals surface area contributed by atoms with Crippen molar-refractivity contribution >= 4 is 17.1 Å². The number of carbonyl (C=O) groups is 1. The number of amides is 1. The number of primary amides is 1. The van der Waals surface area contributed by atoms with Crippen LogP contribution in [-0.2, 0) is 11.8 Å². The molecule has 146 valence electrons. The molecule has 8 heteroatoms. The van der Waals surface area contributed by atoms with E-state index in [2.05, 4.69) is 15.1 Å². The van der Waals surface area contributed by atoms with Gasteiger partial charge in [-0.3, -0.25) is 9.48 Å². The second-order valence-corrected chi connectivity index (χ2v) is 7.24. The van der Waals surface area contributed by atoms with Crippen LogP contribution in [0.3, 0.4) is 0 Å². The average Bonchev–Trinajstić information content (AvgIpc) is 3.27. The van der Waals surface area contributed by atoms with E-state index < -0.39 is 0 Å². The molecule has 1 aliphatic heterocycles. The highest BCUT2D eigenvalue weighted by molar-refractivity contribution is 5.92. The molecule has 4 heterocycles. The lowest BCUT2D eigenvalue weighted by Crippen LogP contribution is -2.21. The van der Waals surface area contributed by atoms with Crippen molar-refractivity contribution in [2.45, 2.75) is 18.8 Å². The maximum atomic E-state index is 11.9. The molecule has 0 unspecified atom stereocenters. The van der Waals surface area contributed by atoms with Gasteiger partial charge in [0.25, 0.3) is 0 Å². The van der Waals surface area contributed by atoms with Gasteiger partial charge in [0.05, 0.1) is 24.3 Å². The fourth-order valence-electron chi connectivity index (χ4n) is 3.86. The van der Waals surface area contributed by atoms with E-state index in [9.17, 15) is 4.79 Å². The number of hydrogen-bond acceptors (Lipinski definition) is 5. The number of ether oxygens (including phenoxy) is 1. The van der Waals surface area contributed by atoms with Crippen LogP contribution in [0.15, 0.2) is 42.9 Å². The van der Waals surface area contributed by atoms with Gasteiger partial charge in [0, 0.05) is 30.6 Å². The third kappa shape index (κ3) is 3.02. The molecule has 1 aliphatic rings. The van der Waals surface area contributed by atoms with Crippen LogP contribution >= 0.6 is 0 Å². The molecule has 0 saturated heterocycles. The minimum Gasteiger partial charge on any atom is -0.493 e. The zero-order chi connectivity index (χ0) is 20.0. The number of imidazole rings is 1.